The quantitative estimate of drug-likeness (QED) is 0.739. The Kier molecular flexibility index (Phi) is 2.22. The Morgan fingerprint density at radius 3 is 3.00 bits per heavy atom. The molecule has 0 unspecified atom stereocenters. The molecule has 5 nitrogen and oxygen atoms in total. The predicted octanol–water partition coefficient (Wildman–Crippen LogP) is 0.787. The summed E-state index contributed by atoms with van der Waals surface area (Å²) in [7, 11) is 3.42. The van der Waals surface area contributed by atoms with Crippen LogP contribution in [0.4, 0.5) is 11.5 Å². The molecule has 0 aromatic carbocycles. The lowest BCUT2D eigenvalue weighted by atomic mass is 10.2. The van der Waals surface area contributed by atoms with E-state index in [-0.39, 0.29) is 5.91 Å². The third-order valence-corrected chi connectivity index (χ3v) is 2.36. The number of amides is 1. The first-order valence-corrected chi connectivity index (χ1v) is 4.68. The average molecular weight is 207 g/mol. The summed E-state index contributed by atoms with van der Waals surface area (Å²) in [5, 5.41) is 2.78. The maximum absolute atomic E-state index is 11.3. The average Bonchev–Trinajstić information content (AvgIpc) is 2.16. The Morgan fingerprint density at radius 1 is 1.60 bits per heavy atom. The number of nitrogens with one attached hydrogen (secondary N) is 1. The van der Waals surface area contributed by atoms with Crippen LogP contribution in [0.15, 0.2) is 6.07 Å². The molecule has 1 N–H and O–H groups in total. The molecule has 0 fully saturated rings. The Labute approximate surface area is 88.1 Å². The first-order chi connectivity index (χ1) is 7.11. The number of nitrogens with zero attached hydrogens (tertiary/aromatic N) is 2. The number of anilines is 2. The van der Waals surface area contributed by atoms with E-state index < -0.39 is 0 Å². The lowest BCUT2D eigenvalue weighted by molar-refractivity contribution is -0.115. The fourth-order valence-corrected chi connectivity index (χ4v) is 1.66. The summed E-state index contributed by atoms with van der Waals surface area (Å²) in [6.07, 6.45) is 0. The molecular weight excluding hydrogens is 194 g/mol. The number of ether oxygens (including phenoxy) is 1. The lowest BCUT2D eigenvalue weighted by Gasteiger charge is -2.26. The fourth-order valence-electron chi connectivity index (χ4n) is 1.66. The zero-order valence-corrected chi connectivity index (χ0v) is 9.00. The van der Waals surface area contributed by atoms with Crippen LogP contribution in [0.1, 0.15) is 5.56 Å². The molecule has 0 atom stereocenters. The van der Waals surface area contributed by atoms with Gasteiger partial charge in [0.15, 0.2) is 5.82 Å². The summed E-state index contributed by atoms with van der Waals surface area (Å²) >= 11 is 0. The summed E-state index contributed by atoms with van der Waals surface area (Å²) in [6.45, 7) is 2.22. The first kappa shape index (κ1) is 9.76. The summed E-state index contributed by atoms with van der Waals surface area (Å²) in [5.41, 5.74) is 1.65. The van der Waals surface area contributed by atoms with Gasteiger partial charge < -0.3 is 15.0 Å². The van der Waals surface area contributed by atoms with Crippen LogP contribution in [0.2, 0.25) is 0 Å². The minimum atomic E-state index is -0.0173. The molecule has 0 bridgehead atoms. The molecule has 80 valence electrons. The van der Waals surface area contributed by atoms with Gasteiger partial charge in [0.05, 0.1) is 19.3 Å². The number of likely N-dealkylation sites (N-methyl/N-ethyl adjacent to an activating group) is 1. The number of rotatable bonds is 1. The number of methoxy groups -OCH3 is 1. The minimum Gasteiger partial charge on any atom is -0.481 e. The number of aryl methyl sites for hydroxylation is 1. The van der Waals surface area contributed by atoms with E-state index in [1.54, 1.807) is 12.0 Å². The second-order valence-electron chi connectivity index (χ2n) is 3.59. The van der Waals surface area contributed by atoms with Gasteiger partial charge in [-0.25, -0.2) is 0 Å². The molecule has 1 aliphatic rings. The number of fused-ring (bicyclic) bond motifs is 1. The number of aromatic nitrogens is 1. The van der Waals surface area contributed by atoms with Crippen LogP contribution in [0.5, 0.6) is 5.88 Å². The van der Waals surface area contributed by atoms with Crippen molar-refractivity contribution < 1.29 is 9.53 Å². The van der Waals surface area contributed by atoms with Gasteiger partial charge in [-0.15, -0.1) is 0 Å². The Hall–Kier alpha value is -1.78. The molecule has 5 heteroatoms. The largest absolute Gasteiger partial charge is 0.481 e. The van der Waals surface area contributed by atoms with Crippen molar-refractivity contribution in [3.05, 3.63) is 11.6 Å². The van der Waals surface area contributed by atoms with Crippen LogP contribution >= 0.6 is 0 Å². The second kappa shape index (κ2) is 3.42. The van der Waals surface area contributed by atoms with Gasteiger partial charge in [0.1, 0.15) is 0 Å². The van der Waals surface area contributed by atoms with Gasteiger partial charge in [-0.2, -0.15) is 4.98 Å². The van der Waals surface area contributed by atoms with Crippen molar-refractivity contribution in [2.24, 2.45) is 0 Å². The summed E-state index contributed by atoms with van der Waals surface area (Å²) in [5.74, 6) is 1.32. The van der Waals surface area contributed by atoms with Crippen molar-refractivity contribution in [2.45, 2.75) is 6.92 Å². The molecule has 2 rings (SSSR count). The zero-order chi connectivity index (χ0) is 11.0. The molecule has 0 radical (unpaired) electrons. The molecule has 0 saturated heterocycles. The molecule has 15 heavy (non-hydrogen) atoms. The highest BCUT2D eigenvalue weighted by Gasteiger charge is 2.21. The smallest absolute Gasteiger partial charge is 0.244 e. The van der Waals surface area contributed by atoms with Crippen LogP contribution < -0.4 is 15.0 Å². The van der Waals surface area contributed by atoms with Crippen LogP contribution in [0.25, 0.3) is 0 Å². The topological polar surface area (TPSA) is 54.5 Å². The van der Waals surface area contributed by atoms with E-state index in [2.05, 4.69) is 10.3 Å². The fraction of sp³-hybridized carbons (Fsp3) is 0.400. The van der Waals surface area contributed by atoms with Gasteiger partial charge in [0.2, 0.25) is 11.8 Å². The maximum Gasteiger partial charge on any atom is 0.244 e. The van der Waals surface area contributed by atoms with Crippen molar-refractivity contribution in [2.75, 3.05) is 30.9 Å². The number of pyridine rings is 1. The van der Waals surface area contributed by atoms with Crippen molar-refractivity contribution in [3.63, 3.8) is 0 Å². The van der Waals surface area contributed by atoms with Crippen LogP contribution in [0.3, 0.4) is 0 Å². The van der Waals surface area contributed by atoms with Crippen molar-refractivity contribution in [3.8, 4) is 5.88 Å². The lowest BCUT2D eigenvalue weighted by Crippen LogP contribution is -2.36. The van der Waals surface area contributed by atoms with E-state index in [9.17, 15) is 4.79 Å². The molecule has 0 spiro atoms. The molecule has 0 saturated carbocycles. The van der Waals surface area contributed by atoms with Gasteiger partial charge in [-0.05, 0) is 13.0 Å². The second-order valence-corrected chi connectivity index (χ2v) is 3.59. The summed E-state index contributed by atoms with van der Waals surface area (Å²) in [6, 6.07) is 1.87. The van der Waals surface area contributed by atoms with Gasteiger partial charge in [0, 0.05) is 12.6 Å². The van der Waals surface area contributed by atoms with E-state index >= 15 is 0 Å². The molecule has 2 heterocycles. The third kappa shape index (κ3) is 1.60. The highest BCUT2D eigenvalue weighted by Crippen LogP contribution is 2.30. The van der Waals surface area contributed by atoms with Crippen molar-refractivity contribution in [1.29, 1.82) is 0 Å². The predicted molar refractivity (Wildman–Crippen MR) is 57.4 cm³/mol. The Morgan fingerprint density at radius 2 is 2.33 bits per heavy atom. The maximum atomic E-state index is 11.3. The van der Waals surface area contributed by atoms with Crippen LogP contribution in [-0.4, -0.2) is 31.6 Å². The summed E-state index contributed by atoms with van der Waals surface area (Å²) < 4.78 is 5.14. The van der Waals surface area contributed by atoms with Crippen molar-refractivity contribution >= 4 is 17.4 Å². The molecule has 1 aromatic heterocycles. The highest BCUT2D eigenvalue weighted by molar-refractivity contribution is 6.00. The first-order valence-electron chi connectivity index (χ1n) is 4.68. The number of hydrogen-bond acceptors (Lipinski definition) is 4. The van der Waals surface area contributed by atoms with Crippen LogP contribution in [-0.2, 0) is 4.79 Å². The van der Waals surface area contributed by atoms with E-state index in [4.69, 9.17) is 4.74 Å². The molecule has 1 aromatic rings. The number of hydrogen-bond donors (Lipinski definition) is 1. The Balaban J connectivity index is 2.51. The van der Waals surface area contributed by atoms with Crippen molar-refractivity contribution in [1.82, 2.24) is 4.98 Å². The van der Waals surface area contributed by atoms with E-state index in [0.717, 1.165) is 17.1 Å². The SMILES string of the molecule is COc1nc2c(cc1C)NC(=O)CN2C. The van der Waals surface area contributed by atoms with Gasteiger partial charge >= 0.3 is 0 Å². The number of carbonyl (C=O) groups is 1. The molecule has 1 aliphatic heterocycles. The standard InChI is InChI=1S/C10H13N3O2/c1-6-4-7-9(12-10(6)15-3)13(2)5-8(14)11-7/h4H,5H2,1-3H3,(H,11,14). The summed E-state index contributed by atoms with van der Waals surface area (Å²) in [4.78, 5) is 17.4. The minimum absolute atomic E-state index is 0.0173. The van der Waals surface area contributed by atoms with Gasteiger partial charge in [0.25, 0.3) is 0 Å². The van der Waals surface area contributed by atoms with Crippen LogP contribution in [0, 0.1) is 6.92 Å². The van der Waals surface area contributed by atoms with E-state index in [0.29, 0.717) is 12.4 Å². The zero-order valence-electron chi connectivity index (χ0n) is 9.00. The molecular formula is C10H13N3O2. The normalized spacial score (nSPS) is 14.6. The number of carbonyl (C=O) groups excluding carboxylic acids is 1. The van der Waals surface area contributed by atoms with E-state index in [1.807, 2.05) is 20.0 Å². The van der Waals surface area contributed by atoms with Gasteiger partial charge in [-0.1, -0.05) is 0 Å². The molecule has 1 amide bonds. The third-order valence-electron chi connectivity index (χ3n) is 2.36. The Bertz CT molecular complexity index is 417. The van der Waals surface area contributed by atoms with E-state index in [1.165, 1.54) is 0 Å². The molecule has 0 aliphatic carbocycles. The highest BCUT2D eigenvalue weighted by atomic mass is 16.5. The monoisotopic (exact) mass is 207 g/mol. The van der Waals surface area contributed by atoms with Gasteiger partial charge in [-0.3, -0.25) is 4.79 Å².